The van der Waals surface area contributed by atoms with E-state index in [1.807, 2.05) is 0 Å². The van der Waals surface area contributed by atoms with Gasteiger partial charge in [0.1, 0.15) is 18.3 Å². The zero-order valence-corrected chi connectivity index (χ0v) is 9.61. The number of nitrogens with one attached hydrogen (secondary N) is 1. The van der Waals surface area contributed by atoms with Crippen LogP contribution in [0.1, 0.15) is 11.8 Å². The lowest BCUT2D eigenvalue weighted by Crippen LogP contribution is -2.38. The average Bonchev–Trinajstić information content (AvgIpc) is 2.61. The van der Waals surface area contributed by atoms with Crippen molar-refractivity contribution < 1.29 is 20.1 Å². The van der Waals surface area contributed by atoms with Crippen LogP contribution in [0.5, 0.6) is 0 Å². The molecule has 100 valence electrons. The van der Waals surface area contributed by atoms with Gasteiger partial charge in [0, 0.05) is 11.8 Å². The molecule has 1 aliphatic rings. The Bertz CT molecular complexity index is 550. The molecule has 0 bridgehead atoms. The lowest BCUT2D eigenvalue weighted by molar-refractivity contribution is -0.0551. The zero-order chi connectivity index (χ0) is 13.4. The van der Waals surface area contributed by atoms with Gasteiger partial charge in [0.2, 0.25) is 0 Å². The summed E-state index contributed by atoms with van der Waals surface area (Å²) in [7, 11) is 0. The standard InChI is InChI=1S/C10H14N2O6/c1-4-2-12(10(17)11-8(4)16)9-7(15)6(14)5(3-13)18-9/h2,5-7,9,13-15H,3H2,1H3,(H,11,16,17)/t5-,6+,7-,9-/m1/s1. The Morgan fingerprint density at radius 1 is 1.39 bits per heavy atom. The summed E-state index contributed by atoms with van der Waals surface area (Å²) in [6.07, 6.45) is -3.52. The van der Waals surface area contributed by atoms with Crippen molar-refractivity contribution in [2.75, 3.05) is 6.61 Å². The van der Waals surface area contributed by atoms with Crippen molar-refractivity contribution in [3.05, 3.63) is 32.6 Å². The topological polar surface area (TPSA) is 125 Å². The van der Waals surface area contributed by atoms with Crippen LogP contribution in [0, 0.1) is 6.92 Å². The highest BCUT2D eigenvalue weighted by molar-refractivity contribution is 5.03. The molecule has 2 rings (SSSR count). The van der Waals surface area contributed by atoms with Crippen molar-refractivity contribution in [1.82, 2.24) is 9.55 Å². The molecule has 0 saturated carbocycles. The van der Waals surface area contributed by atoms with Gasteiger partial charge in [0.05, 0.1) is 6.61 Å². The fraction of sp³-hybridized carbons (Fsp3) is 0.600. The van der Waals surface area contributed by atoms with Crippen LogP contribution in [0.25, 0.3) is 0 Å². The van der Waals surface area contributed by atoms with Gasteiger partial charge in [-0.1, -0.05) is 0 Å². The van der Waals surface area contributed by atoms with Crippen LogP contribution in [0.2, 0.25) is 0 Å². The molecule has 0 aliphatic carbocycles. The first-order chi connectivity index (χ1) is 8.45. The summed E-state index contributed by atoms with van der Waals surface area (Å²) in [5.41, 5.74) is -1.00. The zero-order valence-electron chi connectivity index (χ0n) is 9.61. The second kappa shape index (κ2) is 4.65. The maximum atomic E-state index is 11.6. The third-order valence-corrected chi connectivity index (χ3v) is 2.94. The van der Waals surface area contributed by atoms with Crippen molar-refractivity contribution in [3.8, 4) is 0 Å². The van der Waals surface area contributed by atoms with Crippen LogP contribution in [0.3, 0.4) is 0 Å². The summed E-state index contributed by atoms with van der Waals surface area (Å²) in [5.74, 6) is 0. The number of ether oxygens (including phenoxy) is 1. The number of aliphatic hydroxyl groups is 3. The Hall–Kier alpha value is -1.48. The number of nitrogens with zero attached hydrogens (tertiary/aromatic N) is 1. The van der Waals surface area contributed by atoms with Crippen LogP contribution >= 0.6 is 0 Å². The molecular weight excluding hydrogens is 244 g/mol. The summed E-state index contributed by atoms with van der Waals surface area (Å²) in [4.78, 5) is 24.9. The molecule has 1 fully saturated rings. The molecule has 18 heavy (non-hydrogen) atoms. The smallest absolute Gasteiger partial charge is 0.330 e. The molecule has 0 spiro atoms. The molecule has 0 amide bonds. The lowest BCUT2D eigenvalue weighted by Gasteiger charge is -2.17. The minimum atomic E-state index is -1.36. The second-order valence-corrected chi connectivity index (χ2v) is 4.21. The fourth-order valence-electron chi connectivity index (χ4n) is 1.88. The molecule has 4 N–H and O–H groups in total. The molecule has 1 saturated heterocycles. The highest BCUT2D eigenvalue weighted by atomic mass is 16.6. The fourth-order valence-corrected chi connectivity index (χ4v) is 1.88. The Morgan fingerprint density at radius 3 is 2.61 bits per heavy atom. The van der Waals surface area contributed by atoms with E-state index < -0.39 is 42.4 Å². The minimum absolute atomic E-state index is 0.271. The van der Waals surface area contributed by atoms with Crippen molar-refractivity contribution in [3.63, 3.8) is 0 Å². The number of hydrogen-bond acceptors (Lipinski definition) is 6. The van der Waals surface area contributed by atoms with Crippen LogP contribution in [-0.4, -0.2) is 49.8 Å². The highest BCUT2D eigenvalue weighted by Gasteiger charge is 2.43. The quantitative estimate of drug-likeness (QED) is 0.463. The van der Waals surface area contributed by atoms with E-state index in [9.17, 15) is 19.8 Å². The first kappa shape index (κ1) is 13.0. The van der Waals surface area contributed by atoms with Crippen molar-refractivity contribution >= 4 is 0 Å². The summed E-state index contributed by atoms with van der Waals surface area (Å²) in [6, 6.07) is 0. The van der Waals surface area contributed by atoms with Crippen LogP contribution in [-0.2, 0) is 4.74 Å². The Kier molecular flexibility index (Phi) is 3.35. The highest BCUT2D eigenvalue weighted by Crippen LogP contribution is 2.27. The maximum Gasteiger partial charge on any atom is 0.330 e. The largest absolute Gasteiger partial charge is 0.394 e. The van der Waals surface area contributed by atoms with Gasteiger partial charge in [-0.2, -0.15) is 0 Å². The van der Waals surface area contributed by atoms with Gasteiger partial charge >= 0.3 is 5.69 Å². The molecule has 0 radical (unpaired) electrons. The van der Waals surface area contributed by atoms with Gasteiger partial charge in [0.25, 0.3) is 5.56 Å². The van der Waals surface area contributed by atoms with E-state index in [2.05, 4.69) is 4.98 Å². The molecule has 4 atom stereocenters. The predicted molar refractivity (Wildman–Crippen MR) is 59.1 cm³/mol. The van der Waals surface area contributed by atoms with Crippen molar-refractivity contribution in [2.24, 2.45) is 0 Å². The first-order valence-electron chi connectivity index (χ1n) is 5.40. The number of aromatic amines is 1. The van der Waals surface area contributed by atoms with Crippen LogP contribution in [0.15, 0.2) is 15.8 Å². The average molecular weight is 258 g/mol. The van der Waals surface area contributed by atoms with Crippen molar-refractivity contribution in [1.29, 1.82) is 0 Å². The number of aromatic nitrogens is 2. The van der Waals surface area contributed by atoms with Gasteiger partial charge in [-0.15, -0.1) is 0 Å². The number of hydrogen-bond donors (Lipinski definition) is 4. The summed E-state index contributed by atoms with van der Waals surface area (Å²) in [6.45, 7) is 1.02. The summed E-state index contributed by atoms with van der Waals surface area (Å²) < 4.78 is 6.17. The molecule has 2 heterocycles. The first-order valence-corrected chi connectivity index (χ1v) is 5.40. The molecule has 8 nitrogen and oxygen atoms in total. The number of aryl methyl sites for hydroxylation is 1. The number of H-pyrrole nitrogens is 1. The van der Waals surface area contributed by atoms with Gasteiger partial charge < -0.3 is 20.1 Å². The van der Waals surface area contributed by atoms with Gasteiger partial charge in [-0.25, -0.2) is 4.79 Å². The number of aliphatic hydroxyl groups excluding tert-OH is 3. The van der Waals surface area contributed by atoms with Crippen LogP contribution < -0.4 is 11.2 Å². The van der Waals surface area contributed by atoms with E-state index in [1.54, 1.807) is 0 Å². The van der Waals surface area contributed by atoms with Gasteiger partial charge in [-0.05, 0) is 6.92 Å². The normalized spacial score (nSPS) is 31.8. The molecular formula is C10H14N2O6. The van der Waals surface area contributed by atoms with E-state index >= 15 is 0 Å². The van der Waals surface area contributed by atoms with Crippen LogP contribution in [0.4, 0.5) is 0 Å². The van der Waals surface area contributed by atoms with E-state index in [4.69, 9.17) is 9.84 Å². The molecule has 0 aromatic carbocycles. The number of rotatable bonds is 2. The molecule has 1 aromatic rings. The third-order valence-electron chi connectivity index (χ3n) is 2.94. The lowest BCUT2D eigenvalue weighted by atomic mass is 10.1. The van der Waals surface area contributed by atoms with Crippen molar-refractivity contribution in [2.45, 2.75) is 31.5 Å². The molecule has 8 heteroatoms. The predicted octanol–water partition coefficient (Wildman–Crippen LogP) is -2.54. The van der Waals surface area contributed by atoms with E-state index in [1.165, 1.54) is 13.1 Å². The van der Waals surface area contributed by atoms with E-state index in [0.29, 0.717) is 0 Å². The molecule has 1 aliphatic heterocycles. The Balaban J connectivity index is 2.42. The Morgan fingerprint density at radius 2 is 2.06 bits per heavy atom. The molecule has 0 unspecified atom stereocenters. The summed E-state index contributed by atoms with van der Waals surface area (Å²) in [5, 5.41) is 28.3. The second-order valence-electron chi connectivity index (χ2n) is 4.21. The Labute approximate surface area is 101 Å². The molecule has 1 aromatic heterocycles. The minimum Gasteiger partial charge on any atom is -0.394 e. The van der Waals surface area contributed by atoms with Gasteiger partial charge in [0.15, 0.2) is 6.23 Å². The van der Waals surface area contributed by atoms with E-state index in [0.717, 1.165) is 4.57 Å². The monoisotopic (exact) mass is 258 g/mol. The third kappa shape index (κ3) is 1.99. The maximum absolute atomic E-state index is 11.6. The van der Waals surface area contributed by atoms with E-state index in [-0.39, 0.29) is 5.56 Å². The SMILES string of the molecule is Cc1cn([C@@H]2O[C@H](CO)[C@H](O)[C@H]2O)c(=O)[nH]c1=O. The summed E-state index contributed by atoms with van der Waals surface area (Å²) >= 11 is 0. The van der Waals surface area contributed by atoms with Gasteiger partial charge in [-0.3, -0.25) is 14.3 Å².